The van der Waals surface area contributed by atoms with E-state index in [4.69, 9.17) is 16.3 Å². The highest BCUT2D eigenvalue weighted by molar-refractivity contribution is 6.31. The second-order valence-corrected chi connectivity index (χ2v) is 4.84. The molecule has 2 aromatic rings. The van der Waals surface area contributed by atoms with E-state index < -0.39 is 11.7 Å². The Labute approximate surface area is 114 Å². The molecule has 96 valence electrons. The van der Waals surface area contributed by atoms with Crippen molar-refractivity contribution in [3.05, 3.63) is 70.5 Å². The van der Waals surface area contributed by atoms with E-state index in [-0.39, 0.29) is 5.82 Å². The van der Waals surface area contributed by atoms with Crippen LogP contribution in [0.25, 0.3) is 0 Å². The number of carbonyl (C=O) groups is 1. The maximum absolute atomic E-state index is 12.9. The van der Waals surface area contributed by atoms with E-state index in [0.717, 1.165) is 11.8 Å². The number of rotatable bonds is 3. The van der Waals surface area contributed by atoms with Crippen LogP contribution in [0.1, 0.15) is 17.2 Å². The van der Waals surface area contributed by atoms with Gasteiger partial charge in [0, 0.05) is 10.6 Å². The first-order valence-corrected chi connectivity index (χ1v) is 6.20. The van der Waals surface area contributed by atoms with Crippen LogP contribution in [0.2, 0.25) is 5.02 Å². The normalized spacial score (nSPS) is 25.1. The molecule has 0 aromatic heterocycles. The zero-order valence-corrected chi connectivity index (χ0v) is 10.6. The molecule has 0 unspecified atom stereocenters. The molecular weight excluding hydrogens is 267 g/mol. The third-order valence-corrected chi connectivity index (χ3v) is 3.65. The predicted octanol–water partition coefficient (Wildman–Crippen LogP) is 3.64. The number of aldehydes is 1. The summed E-state index contributed by atoms with van der Waals surface area (Å²) in [5.41, 5.74) is 0.355. The fourth-order valence-electron chi connectivity index (χ4n) is 2.23. The molecule has 2 aromatic carbocycles. The molecule has 19 heavy (non-hydrogen) atoms. The van der Waals surface area contributed by atoms with Crippen molar-refractivity contribution >= 4 is 17.9 Å². The Morgan fingerprint density at radius 3 is 2.47 bits per heavy atom. The minimum Gasteiger partial charge on any atom is -0.348 e. The SMILES string of the molecule is O=C[C@@]1(c2ccc(F)cc2)O[C@H]1c1ccccc1Cl. The average molecular weight is 277 g/mol. The molecule has 1 aliphatic rings. The number of benzene rings is 2. The molecule has 0 spiro atoms. The van der Waals surface area contributed by atoms with Crippen molar-refractivity contribution in [2.45, 2.75) is 11.7 Å². The van der Waals surface area contributed by atoms with Crippen molar-refractivity contribution in [2.24, 2.45) is 0 Å². The first kappa shape index (κ1) is 12.3. The lowest BCUT2D eigenvalue weighted by atomic mass is 9.93. The van der Waals surface area contributed by atoms with Gasteiger partial charge >= 0.3 is 0 Å². The lowest BCUT2D eigenvalue weighted by Crippen LogP contribution is -2.12. The summed E-state index contributed by atoms with van der Waals surface area (Å²) >= 11 is 6.10. The molecule has 0 saturated carbocycles. The van der Waals surface area contributed by atoms with Gasteiger partial charge in [-0.25, -0.2) is 4.39 Å². The van der Waals surface area contributed by atoms with Crippen LogP contribution in [0.15, 0.2) is 48.5 Å². The predicted molar refractivity (Wildman–Crippen MR) is 69.4 cm³/mol. The van der Waals surface area contributed by atoms with Gasteiger partial charge in [-0.1, -0.05) is 41.9 Å². The summed E-state index contributed by atoms with van der Waals surface area (Å²) in [6.07, 6.45) is 0.331. The molecule has 0 bridgehead atoms. The molecule has 2 atom stereocenters. The Morgan fingerprint density at radius 1 is 1.16 bits per heavy atom. The molecule has 1 heterocycles. The van der Waals surface area contributed by atoms with Crippen LogP contribution in [0.4, 0.5) is 4.39 Å². The van der Waals surface area contributed by atoms with Crippen LogP contribution in [-0.2, 0) is 15.1 Å². The van der Waals surface area contributed by atoms with Crippen molar-refractivity contribution < 1.29 is 13.9 Å². The van der Waals surface area contributed by atoms with Crippen LogP contribution in [0.5, 0.6) is 0 Å². The van der Waals surface area contributed by atoms with Crippen LogP contribution in [-0.4, -0.2) is 6.29 Å². The molecule has 4 heteroatoms. The molecule has 0 amide bonds. The molecule has 3 rings (SSSR count). The summed E-state index contributed by atoms with van der Waals surface area (Å²) in [5, 5.41) is 0.554. The summed E-state index contributed by atoms with van der Waals surface area (Å²) < 4.78 is 18.5. The number of carbonyl (C=O) groups excluding carboxylic acids is 1. The molecule has 0 radical (unpaired) electrons. The van der Waals surface area contributed by atoms with E-state index in [1.807, 2.05) is 18.2 Å². The molecule has 2 nitrogen and oxygen atoms in total. The van der Waals surface area contributed by atoms with Gasteiger partial charge in [0.15, 0.2) is 11.9 Å². The van der Waals surface area contributed by atoms with E-state index in [0.29, 0.717) is 10.6 Å². The fourth-order valence-corrected chi connectivity index (χ4v) is 2.47. The smallest absolute Gasteiger partial charge is 0.179 e. The summed E-state index contributed by atoms with van der Waals surface area (Å²) in [6.45, 7) is 0. The van der Waals surface area contributed by atoms with Crippen molar-refractivity contribution in [1.82, 2.24) is 0 Å². The van der Waals surface area contributed by atoms with Gasteiger partial charge < -0.3 is 4.74 Å². The number of hydrogen-bond acceptors (Lipinski definition) is 2. The number of epoxide rings is 1. The minimum atomic E-state index is -1.04. The van der Waals surface area contributed by atoms with E-state index in [1.165, 1.54) is 12.1 Å². The second kappa shape index (κ2) is 4.44. The van der Waals surface area contributed by atoms with Crippen molar-refractivity contribution in [1.29, 1.82) is 0 Å². The Balaban J connectivity index is 1.99. The number of hydrogen-bond donors (Lipinski definition) is 0. The van der Waals surface area contributed by atoms with Gasteiger partial charge in [-0.2, -0.15) is 0 Å². The highest BCUT2D eigenvalue weighted by Gasteiger charge is 2.59. The third kappa shape index (κ3) is 1.95. The quantitative estimate of drug-likeness (QED) is 0.633. The van der Waals surface area contributed by atoms with Gasteiger partial charge in [-0.15, -0.1) is 0 Å². The van der Waals surface area contributed by atoms with Crippen LogP contribution >= 0.6 is 11.6 Å². The monoisotopic (exact) mass is 276 g/mol. The highest BCUT2D eigenvalue weighted by atomic mass is 35.5. The zero-order valence-electron chi connectivity index (χ0n) is 9.85. The molecule has 1 fully saturated rings. The molecule has 0 aliphatic carbocycles. The van der Waals surface area contributed by atoms with E-state index in [1.54, 1.807) is 18.2 Å². The number of ether oxygens (including phenoxy) is 1. The van der Waals surface area contributed by atoms with Gasteiger partial charge in [-0.05, 0) is 23.8 Å². The Morgan fingerprint density at radius 2 is 1.84 bits per heavy atom. The highest BCUT2D eigenvalue weighted by Crippen LogP contribution is 2.56. The van der Waals surface area contributed by atoms with E-state index >= 15 is 0 Å². The van der Waals surface area contributed by atoms with Gasteiger partial charge in [0.2, 0.25) is 0 Å². The van der Waals surface area contributed by atoms with Crippen molar-refractivity contribution in [3.63, 3.8) is 0 Å². The van der Waals surface area contributed by atoms with Gasteiger partial charge in [0.05, 0.1) is 0 Å². The Hall–Kier alpha value is -1.71. The maximum Gasteiger partial charge on any atom is 0.179 e. The first-order chi connectivity index (χ1) is 9.17. The largest absolute Gasteiger partial charge is 0.348 e. The van der Waals surface area contributed by atoms with Gasteiger partial charge in [0.25, 0.3) is 0 Å². The summed E-state index contributed by atoms with van der Waals surface area (Å²) in [5.74, 6) is -0.347. The number of halogens is 2. The van der Waals surface area contributed by atoms with Gasteiger partial charge in [0.1, 0.15) is 11.9 Å². The van der Waals surface area contributed by atoms with Crippen LogP contribution in [0, 0.1) is 5.82 Å². The average Bonchev–Trinajstić information content (AvgIpc) is 3.16. The summed E-state index contributed by atoms with van der Waals surface area (Å²) in [7, 11) is 0. The van der Waals surface area contributed by atoms with Crippen molar-refractivity contribution in [3.8, 4) is 0 Å². The first-order valence-electron chi connectivity index (χ1n) is 5.82. The minimum absolute atomic E-state index is 0.347. The molecule has 1 aliphatic heterocycles. The maximum atomic E-state index is 12.9. The summed E-state index contributed by atoms with van der Waals surface area (Å²) in [4.78, 5) is 11.4. The van der Waals surface area contributed by atoms with E-state index in [2.05, 4.69) is 0 Å². The summed E-state index contributed by atoms with van der Waals surface area (Å²) in [6, 6.07) is 13.0. The standard InChI is InChI=1S/C15H10ClFO2/c16-13-4-2-1-3-12(13)14-15(9-18,19-14)10-5-7-11(17)8-6-10/h1-9,14H/t14-,15-/m0/s1. The van der Waals surface area contributed by atoms with Gasteiger partial charge in [-0.3, -0.25) is 4.79 Å². The lowest BCUT2D eigenvalue weighted by Gasteiger charge is -2.06. The fraction of sp³-hybridized carbons (Fsp3) is 0.133. The van der Waals surface area contributed by atoms with E-state index in [9.17, 15) is 9.18 Å². The van der Waals surface area contributed by atoms with Crippen molar-refractivity contribution in [2.75, 3.05) is 0 Å². The third-order valence-electron chi connectivity index (χ3n) is 3.30. The Kier molecular flexibility index (Phi) is 2.88. The molecular formula is C15H10ClFO2. The topological polar surface area (TPSA) is 29.6 Å². The Bertz CT molecular complexity index is 626. The lowest BCUT2D eigenvalue weighted by molar-refractivity contribution is -0.112. The second-order valence-electron chi connectivity index (χ2n) is 4.44. The zero-order chi connectivity index (χ0) is 13.5. The van der Waals surface area contributed by atoms with Crippen LogP contribution in [0.3, 0.4) is 0 Å². The van der Waals surface area contributed by atoms with Crippen LogP contribution < -0.4 is 0 Å². The molecule has 0 N–H and O–H groups in total. The molecule has 1 saturated heterocycles.